The van der Waals surface area contributed by atoms with Crippen LogP contribution in [0.3, 0.4) is 0 Å². The summed E-state index contributed by atoms with van der Waals surface area (Å²) in [6, 6.07) is 16.1. The molecule has 4 rings (SSSR count). The van der Waals surface area contributed by atoms with Gasteiger partial charge in [0.05, 0.1) is 5.69 Å². The van der Waals surface area contributed by atoms with Crippen molar-refractivity contribution < 1.29 is 4.52 Å². The molecule has 1 N–H and O–H groups in total. The zero-order valence-electron chi connectivity index (χ0n) is 13.4. The number of aromatic nitrogens is 4. The van der Waals surface area contributed by atoms with Crippen LogP contribution in [0.15, 0.2) is 59.3 Å². The molecule has 0 radical (unpaired) electrons. The van der Waals surface area contributed by atoms with Crippen LogP contribution in [-0.2, 0) is 0 Å². The minimum Gasteiger partial charge on any atom is -0.334 e. The van der Waals surface area contributed by atoms with Crippen molar-refractivity contribution in [3.05, 3.63) is 65.9 Å². The Morgan fingerprint density at radius 2 is 1.67 bits per heavy atom. The van der Waals surface area contributed by atoms with E-state index in [0.717, 1.165) is 22.4 Å². The summed E-state index contributed by atoms with van der Waals surface area (Å²) in [5.74, 6) is 1.11. The van der Waals surface area contributed by atoms with Crippen molar-refractivity contribution >= 4 is 0 Å². The Bertz CT molecular complexity index is 966. The summed E-state index contributed by atoms with van der Waals surface area (Å²) in [4.78, 5) is 4.55. The average molecular weight is 316 g/mol. The first-order valence-corrected chi connectivity index (χ1v) is 7.71. The molecule has 2 aromatic carbocycles. The van der Waals surface area contributed by atoms with E-state index in [1.165, 1.54) is 11.1 Å². The molecule has 0 atom stereocenters. The van der Waals surface area contributed by atoms with E-state index in [2.05, 4.69) is 40.3 Å². The van der Waals surface area contributed by atoms with Gasteiger partial charge in [0.25, 0.3) is 5.89 Å². The number of nitrogens with one attached hydrogen (secondary N) is 1. The van der Waals surface area contributed by atoms with Crippen LogP contribution in [0.25, 0.3) is 34.1 Å². The topological polar surface area (TPSA) is 67.6 Å². The van der Waals surface area contributed by atoms with E-state index in [1.807, 2.05) is 42.5 Å². The molecule has 2 aromatic heterocycles. The van der Waals surface area contributed by atoms with E-state index in [4.69, 9.17) is 4.52 Å². The lowest BCUT2D eigenvalue weighted by Crippen LogP contribution is -1.85. The summed E-state index contributed by atoms with van der Waals surface area (Å²) in [6.45, 7) is 4.11. The molecule has 0 amide bonds. The zero-order valence-corrected chi connectivity index (χ0v) is 13.4. The Hall–Kier alpha value is -3.21. The van der Waals surface area contributed by atoms with Crippen molar-refractivity contribution in [2.24, 2.45) is 0 Å². The highest BCUT2D eigenvalue weighted by atomic mass is 16.5. The number of hydrogen-bond acceptors (Lipinski definition) is 4. The smallest absolute Gasteiger partial charge is 0.258 e. The largest absolute Gasteiger partial charge is 0.334 e. The zero-order chi connectivity index (χ0) is 16.5. The maximum atomic E-state index is 5.46. The quantitative estimate of drug-likeness (QED) is 0.608. The van der Waals surface area contributed by atoms with Crippen molar-refractivity contribution in [2.75, 3.05) is 0 Å². The fourth-order valence-corrected chi connectivity index (χ4v) is 2.80. The van der Waals surface area contributed by atoms with Gasteiger partial charge in [-0.25, -0.2) is 0 Å². The van der Waals surface area contributed by atoms with Gasteiger partial charge in [-0.2, -0.15) is 10.1 Å². The molecule has 0 saturated carbocycles. The van der Waals surface area contributed by atoms with Crippen LogP contribution in [0.2, 0.25) is 0 Å². The van der Waals surface area contributed by atoms with Crippen molar-refractivity contribution in [1.29, 1.82) is 0 Å². The number of benzene rings is 2. The minimum absolute atomic E-state index is 0.531. The molecule has 0 aliphatic carbocycles. The van der Waals surface area contributed by atoms with Crippen LogP contribution < -0.4 is 0 Å². The molecule has 5 nitrogen and oxygen atoms in total. The maximum absolute atomic E-state index is 5.46. The van der Waals surface area contributed by atoms with E-state index in [9.17, 15) is 0 Å². The first-order valence-electron chi connectivity index (χ1n) is 7.71. The van der Waals surface area contributed by atoms with Gasteiger partial charge < -0.3 is 4.52 Å². The Morgan fingerprint density at radius 3 is 2.42 bits per heavy atom. The van der Waals surface area contributed by atoms with Gasteiger partial charge in [0, 0.05) is 22.9 Å². The maximum Gasteiger partial charge on any atom is 0.258 e. The van der Waals surface area contributed by atoms with Crippen LogP contribution in [0.4, 0.5) is 0 Å². The molecular weight excluding hydrogens is 300 g/mol. The lowest BCUT2D eigenvalue weighted by molar-refractivity contribution is 0.432. The molecule has 0 saturated heterocycles. The molecule has 2 heterocycles. The van der Waals surface area contributed by atoms with Crippen LogP contribution in [-0.4, -0.2) is 20.3 Å². The first kappa shape index (κ1) is 14.4. The summed E-state index contributed by atoms with van der Waals surface area (Å²) >= 11 is 0. The molecule has 4 aromatic rings. The number of aryl methyl sites for hydroxylation is 2. The fourth-order valence-electron chi connectivity index (χ4n) is 2.80. The van der Waals surface area contributed by atoms with Gasteiger partial charge in [-0.05, 0) is 38.1 Å². The molecule has 0 aliphatic rings. The van der Waals surface area contributed by atoms with Crippen molar-refractivity contribution in [1.82, 2.24) is 20.3 Å². The highest BCUT2D eigenvalue weighted by Gasteiger charge is 2.12. The van der Waals surface area contributed by atoms with Crippen LogP contribution in [0.5, 0.6) is 0 Å². The van der Waals surface area contributed by atoms with Crippen molar-refractivity contribution in [3.8, 4) is 34.1 Å². The van der Waals surface area contributed by atoms with Crippen LogP contribution in [0, 0.1) is 13.8 Å². The molecule has 0 fully saturated rings. The summed E-state index contributed by atoms with van der Waals surface area (Å²) < 4.78 is 5.46. The Labute approximate surface area is 139 Å². The van der Waals surface area contributed by atoms with Crippen LogP contribution >= 0.6 is 0 Å². The van der Waals surface area contributed by atoms with Gasteiger partial charge in [-0.15, -0.1) is 0 Å². The van der Waals surface area contributed by atoms with Gasteiger partial charge in [0.2, 0.25) is 5.82 Å². The predicted octanol–water partition coefficient (Wildman–Crippen LogP) is 4.41. The van der Waals surface area contributed by atoms with Gasteiger partial charge in [-0.3, -0.25) is 5.10 Å². The van der Waals surface area contributed by atoms with Gasteiger partial charge in [0.1, 0.15) is 0 Å². The molecule has 0 spiro atoms. The minimum atomic E-state index is 0.531. The number of H-pyrrole nitrogens is 1. The monoisotopic (exact) mass is 316 g/mol. The third kappa shape index (κ3) is 2.72. The number of rotatable bonds is 3. The lowest BCUT2D eigenvalue weighted by atomic mass is 10.1. The standard InChI is InChI=1S/C19H16N4O/c1-12-8-13(2)10-16(9-12)19-21-18(23-24-19)15-5-3-4-14(11-15)17-6-7-20-22-17/h3-11H,1-2H3,(H,20,22). The van der Waals surface area contributed by atoms with E-state index < -0.39 is 0 Å². The van der Waals surface area contributed by atoms with Crippen LogP contribution in [0.1, 0.15) is 11.1 Å². The molecule has 24 heavy (non-hydrogen) atoms. The highest BCUT2D eigenvalue weighted by molar-refractivity contribution is 5.68. The Balaban J connectivity index is 1.71. The van der Waals surface area contributed by atoms with E-state index in [-0.39, 0.29) is 0 Å². The third-order valence-electron chi connectivity index (χ3n) is 3.83. The van der Waals surface area contributed by atoms with Crippen molar-refractivity contribution in [3.63, 3.8) is 0 Å². The Kier molecular flexibility index (Phi) is 3.46. The average Bonchev–Trinajstić information content (AvgIpc) is 3.26. The SMILES string of the molecule is Cc1cc(C)cc(-c2nc(-c3cccc(-c4ccn[nH]4)c3)no2)c1. The third-order valence-corrected chi connectivity index (χ3v) is 3.83. The molecule has 118 valence electrons. The second-order valence-electron chi connectivity index (χ2n) is 5.85. The highest BCUT2D eigenvalue weighted by Crippen LogP contribution is 2.26. The molecular formula is C19H16N4O. The van der Waals surface area contributed by atoms with E-state index in [0.29, 0.717) is 11.7 Å². The summed E-state index contributed by atoms with van der Waals surface area (Å²) in [7, 11) is 0. The number of hydrogen-bond donors (Lipinski definition) is 1. The molecule has 0 unspecified atom stereocenters. The van der Waals surface area contributed by atoms with Gasteiger partial charge >= 0.3 is 0 Å². The first-order chi connectivity index (χ1) is 11.7. The Morgan fingerprint density at radius 1 is 0.875 bits per heavy atom. The van der Waals surface area contributed by atoms with E-state index in [1.54, 1.807) is 6.20 Å². The second-order valence-corrected chi connectivity index (χ2v) is 5.85. The van der Waals surface area contributed by atoms with Crippen molar-refractivity contribution in [2.45, 2.75) is 13.8 Å². The number of aromatic amines is 1. The second kappa shape index (κ2) is 5.77. The molecule has 0 aliphatic heterocycles. The van der Waals surface area contributed by atoms with E-state index >= 15 is 0 Å². The summed E-state index contributed by atoms with van der Waals surface area (Å²) in [6.07, 6.45) is 1.73. The number of nitrogens with zero attached hydrogens (tertiary/aromatic N) is 3. The fraction of sp³-hybridized carbons (Fsp3) is 0.105. The normalized spacial score (nSPS) is 10.9. The molecule has 0 bridgehead atoms. The lowest BCUT2D eigenvalue weighted by Gasteiger charge is -2.00. The van der Waals surface area contributed by atoms with Gasteiger partial charge in [0.15, 0.2) is 0 Å². The molecule has 5 heteroatoms. The predicted molar refractivity (Wildman–Crippen MR) is 92.2 cm³/mol. The summed E-state index contributed by atoms with van der Waals surface area (Å²) in [5, 5.41) is 11.1. The van der Waals surface area contributed by atoms with Gasteiger partial charge in [-0.1, -0.05) is 40.5 Å². The summed E-state index contributed by atoms with van der Waals surface area (Å²) in [5.41, 5.74) is 6.17.